The Labute approximate surface area is 180 Å². The van der Waals surface area contributed by atoms with Gasteiger partial charge in [0.2, 0.25) is 0 Å². The topological polar surface area (TPSA) is 59.5 Å². The minimum Gasteiger partial charge on any atom is -0.455 e. The molecule has 0 aliphatic carbocycles. The third-order valence-electron chi connectivity index (χ3n) is 5.74. The van der Waals surface area contributed by atoms with Crippen LogP contribution in [0.25, 0.3) is 10.2 Å². The number of amides is 1. The Morgan fingerprint density at radius 3 is 2.47 bits per heavy atom. The zero-order chi connectivity index (χ0) is 21.0. The van der Waals surface area contributed by atoms with Gasteiger partial charge in [-0.1, -0.05) is 42.5 Å². The van der Waals surface area contributed by atoms with Crippen LogP contribution in [-0.4, -0.2) is 41.5 Å². The van der Waals surface area contributed by atoms with Gasteiger partial charge in [0, 0.05) is 19.5 Å². The van der Waals surface area contributed by atoms with Gasteiger partial charge in [-0.25, -0.2) is 4.98 Å². The first-order valence-electron chi connectivity index (χ1n) is 10.4. The van der Waals surface area contributed by atoms with Crippen molar-refractivity contribution < 1.29 is 14.3 Å². The molecule has 1 atom stereocenters. The van der Waals surface area contributed by atoms with Crippen molar-refractivity contribution in [2.75, 3.05) is 19.7 Å². The number of esters is 1. The predicted octanol–water partition coefficient (Wildman–Crippen LogP) is 4.35. The normalized spacial score (nSPS) is 16.2. The van der Waals surface area contributed by atoms with E-state index < -0.39 is 11.4 Å². The SMILES string of the molecule is C[C@@](Cc1nc2ccccc2s1)(C(=O)OCC(=O)N1CCCCC1)c1ccccc1. The van der Waals surface area contributed by atoms with E-state index in [1.807, 2.05) is 61.5 Å². The Hall–Kier alpha value is -2.73. The van der Waals surface area contributed by atoms with Gasteiger partial charge in [0.25, 0.3) is 5.91 Å². The third kappa shape index (κ3) is 4.38. The van der Waals surface area contributed by atoms with Crippen LogP contribution in [-0.2, 0) is 26.2 Å². The van der Waals surface area contributed by atoms with Crippen molar-refractivity contribution in [3.05, 3.63) is 65.2 Å². The summed E-state index contributed by atoms with van der Waals surface area (Å²) >= 11 is 1.59. The van der Waals surface area contributed by atoms with E-state index in [1.165, 1.54) is 0 Å². The summed E-state index contributed by atoms with van der Waals surface area (Å²) in [4.78, 5) is 32.2. The quantitative estimate of drug-likeness (QED) is 0.554. The second kappa shape index (κ2) is 8.96. The average Bonchev–Trinajstić information content (AvgIpc) is 3.20. The average molecular weight is 423 g/mol. The molecule has 1 saturated heterocycles. The summed E-state index contributed by atoms with van der Waals surface area (Å²) in [7, 11) is 0. The Bertz CT molecular complexity index is 994. The van der Waals surface area contributed by atoms with Crippen molar-refractivity contribution in [2.24, 2.45) is 0 Å². The summed E-state index contributed by atoms with van der Waals surface area (Å²) in [6, 6.07) is 17.6. The number of hydrogen-bond donors (Lipinski definition) is 0. The number of ether oxygens (including phenoxy) is 1. The van der Waals surface area contributed by atoms with Crippen molar-refractivity contribution in [2.45, 2.75) is 38.0 Å². The molecular weight excluding hydrogens is 396 g/mol. The zero-order valence-corrected chi connectivity index (χ0v) is 18.0. The molecule has 0 radical (unpaired) electrons. The molecule has 1 amide bonds. The van der Waals surface area contributed by atoms with Crippen LogP contribution in [0.1, 0.15) is 36.8 Å². The predicted molar refractivity (Wildman–Crippen MR) is 119 cm³/mol. The van der Waals surface area contributed by atoms with Crippen molar-refractivity contribution >= 4 is 33.4 Å². The number of nitrogens with zero attached hydrogens (tertiary/aromatic N) is 2. The van der Waals surface area contributed by atoms with E-state index >= 15 is 0 Å². The van der Waals surface area contributed by atoms with E-state index in [0.717, 1.165) is 53.1 Å². The lowest BCUT2D eigenvalue weighted by Crippen LogP contribution is -2.41. The Morgan fingerprint density at radius 1 is 1.03 bits per heavy atom. The number of hydrogen-bond acceptors (Lipinski definition) is 5. The lowest BCUT2D eigenvalue weighted by molar-refractivity contribution is -0.157. The molecule has 6 heteroatoms. The van der Waals surface area contributed by atoms with Crippen molar-refractivity contribution in [3.8, 4) is 0 Å². The highest BCUT2D eigenvalue weighted by Crippen LogP contribution is 2.33. The number of rotatable bonds is 6. The summed E-state index contributed by atoms with van der Waals surface area (Å²) in [6.45, 7) is 3.17. The summed E-state index contributed by atoms with van der Waals surface area (Å²) < 4.78 is 6.66. The number of carbonyl (C=O) groups excluding carboxylic acids is 2. The molecule has 156 valence electrons. The first kappa shape index (κ1) is 20.5. The van der Waals surface area contributed by atoms with Gasteiger partial charge in [0.05, 0.1) is 20.6 Å². The Morgan fingerprint density at radius 2 is 1.73 bits per heavy atom. The molecule has 0 saturated carbocycles. The van der Waals surface area contributed by atoms with Crippen LogP contribution in [0.3, 0.4) is 0 Å². The monoisotopic (exact) mass is 422 g/mol. The first-order valence-corrected chi connectivity index (χ1v) is 11.2. The van der Waals surface area contributed by atoms with Crippen molar-refractivity contribution in [1.29, 1.82) is 0 Å². The van der Waals surface area contributed by atoms with E-state index in [2.05, 4.69) is 0 Å². The highest BCUT2D eigenvalue weighted by atomic mass is 32.1. The minimum absolute atomic E-state index is 0.113. The molecular formula is C24H26N2O3S. The van der Waals surface area contributed by atoms with Gasteiger partial charge < -0.3 is 9.64 Å². The standard InChI is InChI=1S/C24H26N2O3S/c1-24(18-10-4-2-5-11-18,16-21-25-19-12-6-7-13-20(19)30-21)23(28)29-17-22(27)26-14-8-3-9-15-26/h2,4-7,10-13H,3,8-9,14-17H2,1H3/t24-/m0/s1. The number of fused-ring (bicyclic) bond motifs is 1. The number of piperidine rings is 1. The number of benzene rings is 2. The Kier molecular flexibility index (Phi) is 6.13. The maximum absolute atomic E-state index is 13.3. The smallest absolute Gasteiger partial charge is 0.317 e. The molecule has 1 aliphatic heterocycles. The van der Waals surface area contributed by atoms with Gasteiger partial charge in [-0.3, -0.25) is 9.59 Å². The second-order valence-electron chi connectivity index (χ2n) is 7.97. The highest BCUT2D eigenvalue weighted by molar-refractivity contribution is 7.18. The van der Waals surface area contributed by atoms with E-state index in [1.54, 1.807) is 16.2 Å². The summed E-state index contributed by atoms with van der Waals surface area (Å²) in [5.74, 6) is -0.503. The Balaban J connectivity index is 1.54. The van der Waals surface area contributed by atoms with Gasteiger partial charge in [0.15, 0.2) is 6.61 Å². The second-order valence-corrected chi connectivity index (χ2v) is 9.08. The first-order chi connectivity index (χ1) is 14.6. The van der Waals surface area contributed by atoms with Crippen LogP contribution in [0.15, 0.2) is 54.6 Å². The molecule has 4 rings (SSSR count). The van der Waals surface area contributed by atoms with Gasteiger partial charge >= 0.3 is 5.97 Å². The van der Waals surface area contributed by atoms with Crippen LogP contribution in [0.5, 0.6) is 0 Å². The van der Waals surface area contributed by atoms with E-state index in [0.29, 0.717) is 6.42 Å². The largest absolute Gasteiger partial charge is 0.455 e. The molecule has 1 aliphatic rings. The summed E-state index contributed by atoms with van der Waals surface area (Å²) in [5.41, 5.74) is 0.873. The minimum atomic E-state index is -0.919. The van der Waals surface area contributed by atoms with Crippen LogP contribution < -0.4 is 0 Å². The fraction of sp³-hybridized carbons (Fsp3) is 0.375. The molecule has 1 fully saturated rings. The maximum atomic E-state index is 13.3. The lowest BCUT2D eigenvalue weighted by Gasteiger charge is -2.29. The molecule has 3 aromatic rings. The number of likely N-dealkylation sites (tertiary alicyclic amines) is 1. The third-order valence-corrected chi connectivity index (χ3v) is 6.78. The number of aromatic nitrogens is 1. The number of thiazole rings is 1. The molecule has 0 spiro atoms. The molecule has 0 unspecified atom stereocenters. The van der Waals surface area contributed by atoms with E-state index in [4.69, 9.17) is 9.72 Å². The molecule has 2 heterocycles. The molecule has 0 N–H and O–H groups in total. The van der Waals surface area contributed by atoms with Crippen LogP contribution in [0.4, 0.5) is 0 Å². The zero-order valence-electron chi connectivity index (χ0n) is 17.2. The number of para-hydroxylation sites is 1. The van der Waals surface area contributed by atoms with Crippen molar-refractivity contribution in [1.82, 2.24) is 9.88 Å². The summed E-state index contributed by atoms with van der Waals surface area (Å²) in [5, 5.41) is 0.877. The van der Waals surface area contributed by atoms with Crippen LogP contribution in [0.2, 0.25) is 0 Å². The van der Waals surface area contributed by atoms with Crippen molar-refractivity contribution in [3.63, 3.8) is 0 Å². The highest BCUT2D eigenvalue weighted by Gasteiger charge is 2.38. The lowest BCUT2D eigenvalue weighted by atomic mass is 9.79. The molecule has 30 heavy (non-hydrogen) atoms. The number of carbonyl (C=O) groups is 2. The summed E-state index contributed by atoms with van der Waals surface area (Å²) in [6.07, 6.45) is 3.60. The van der Waals surface area contributed by atoms with Gasteiger partial charge in [0.1, 0.15) is 0 Å². The van der Waals surface area contributed by atoms with Gasteiger partial charge in [-0.2, -0.15) is 0 Å². The maximum Gasteiger partial charge on any atom is 0.317 e. The fourth-order valence-electron chi connectivity index (χ4n) is 3.92. The van der Waals surface area contributed by atoms with E-state index in [9.17, 15) is 9.59 Å². The van der Waals surface area contributed by atoms with E-state index in [-0.39, 0.29) is 12.5 Å². The molecule has 2 aromatic carbocycles. The fourth-order valence-corrected chi connectivity index (χ4v) is 5.04. The van der Waals surface area contributed by atoms with Gasteiger partial charge in [-0.15, -0.1) is 11.3 Å². The molecule has 0 bridgehead atoms. The van der Waals surface area contributed by atoms with Gasteiger partial charge in [-0.05, 0) is 43.9 Å². The van der Waals surface area contributed by atoms with Crippen LogP contribution >= 0.6 is 11.3 Å². The van der Waals surface area contributed by atoms with Crippen LogP contribution in [0, 0.1) is 0 Å². The molecule has 1 aromatic heterocycles. The molecule has 5 nitrogen and oxygen atoms in total.